The van der Waals surface area contributed by atoms with Gasteiger partial charge in [0.15, 0.2) is 10.8 Å². The van der Waals surface area contributed by atoms with Crippen molar-refractivity contribution in [2.45, 2.75) is 6.42 Å². The number of carbonyl (C=O) groups excluding carboxylic acids is 2. The van der Waals surface area contributed by atoms with Crippen LogP contribution in [0.4, 0.5) is 5.13 Å². The van der Waals surface area contributed by atoms with Crippen LogP contribution in [0.25, 0.3) is 0 Å². The largest absolute Gasteiger partial charge is 0.464 e. The molecule has 21 heavy (non-hydrogen) atoms. The van der Waals surface area contributed by atoms with Gasteiger partial charge in [0.1, 0.15) is 0 Å². The molecule has 0 saturated carbocycles. The predicted octanol–water partition coefficient (Wildman–Crippen LogP) is 2.85. The van der Waals surface area contributed by atoms with Crippen LogP contribution >= 0.6 is 27.3 Å². The molecule has 2 aromatic rings. The van der Waals surface area contributed by atoms with Crippen LogP contribution in [0.2, 0.25) is 0 Å². The monoisotopic (exact) mass is 368 g/mol. The maximum Gasteiger partial charge on any atom is 0.357 e. The molecule has 0 saturated heterocycles. The number of thiazole rings is 1. The number of anilines is 1. The number of hydrogen-bond acceptors (Lipinski definition) is 5. The van der Waals surface area contributed by atoms with Gasteiger partial charge >= 0.3 is 5.97 Å². The molecule has 0 aliphatic heterocycles. The molecule has 0 bridgehead atoms. The fourth-order valence-corrected chi connectivity index (χ4v) is 2.85. The third-order valence-corrected chi connectivity index (χ3v) is 4.13. The zero-order valence-electron chi connectivity index (χ0n) is 11.3. The highest BCUT2D eigenvalue weighted by Crippen LogP contribution is 2.26. The first-order chi connectivity index (χ1) is 10.1. The van der Waals surface area contributed by atoms with Crippen LogP contribution in [0.3, 0.4) is 0 Å². The Balaban J connectivity index is 2.29. The Morgan fingerprint density at radius 3 is 2.67 bits per heavy atom. The van der Waals surface area contributed by atoms with E-state index in [0.29, 0.717) is 11.6 Å². The molecule has 1 amide bonds. The summed E-state index contributed by atoms with van der Waals surface area (Å²) in [7, 11) is 1.31. The summed E-state index contributed by atoms with van der Waals surface area (Å²) in [5.41, 5.74) is 1.31. The minimum absolute atomic E-state index is 0.175. The van der Waals surface area contributed by atoms with Crippen molar-refractivity contribution in [3.05, 3.63) is 46.5 Å². The summed E-state index contributed by atoms with van der Waals surface area (Å²) in [5, 5.41) is 3.20. The molecule has 1 heterocycles. The van der Waals surface area contributed by atoms with Gasteiger partial charge in [0.25, 0.3) is 0 Å². The van der Waals surface area contributed by atoms with Gasteiger partial charge in [-0.15, -0.1) is 11.3 Å². The van der Waals surface area contributed by atoms with E-state index >= 15 is 0 Å². The Morgan fingerprint density at radius 1 is 1.33 bits per heavy atom. The van der Waals surface area contributed by atoms with Crippen LogP contribution in [0.5, 0.6) is 0 Å². The number of aromatic nitrogens is 1. The predicted molar refractivity (Wildman–Crippen MR) is 85.1 cm³/mol. The second-order valence-electron chi connectivity index (χ2n) is 4.13. The lowest BCUT2D eigenvalue weighted by Crippen LogP contribution is -2.12. The van der Waals surface area contributed by atoms with E-state index in [9.17, 15) is 9.59 Å². The second kappa shape index (κ2) is 7.33. The Labute approximate surface area is 134 Å². The molecule has 1 aromatic heterocycles. The van der Waals surface area contributed by atoms with Gasteiger partial charge in [0, 0.05) is 11.3 Å². The number of nitrogens with zero attached hydrogens (tertiary/aromatic N) is 1. The van der Waals surface area contributed by atoms with E-state index in [4.69, 9.17) is 4.74 Å². The molecule has 0 radical (unpaired) electrons. The number of carbonyl (C=O) groups is 2. The molecular weight excluding hydrogens is 356 g/mol. The minimum Gasteiger partial charge on any atom is -0.464 e. The third-order valence-electron chi connectivity index (χ3n) is 2.65. The number of nitrogens with one attached hydrogen (secondary N) is 1. The van der Waals surface area contributed by atoms with Crippen molar-refractivity contribution in [2.24, 2.45) is 0 Å². The van der Waals surface area contributed by atoms with Crippen LogP contribution in [-0.2, 0) is 16.0 Å². The van der Waals surface area contributed by atoms with Gasteiger partial charge in [-0.2, -0.15) is 0 Å². The van der Waals surface area contributed by atoms with Crippen LogP contribution in [0, 0.1) is 0 Å². The lowest BCUT2D eigenvalue weighted by Gasteiger charge is -2.00. The van der Waals surface area contributed by atoms with Gasteiger partial charge in [0.2, 0.25) is 5.91 Å². The number of alkyl halides is 1. The summed E-state index contributed by atoms with van der Waals surface area (Å²) in [4.78, 5) is 28.1. The lowest BCUT2D eigenvalue weighted by molar-refractivity contribution is -0.113. The van der Waals surface area contributed by atoms with E-state index in [2.05, 4.69) is 26.2 Å². The number of benzene rings is 1. The molecule has 1 aromatic carbocycles. The first-order valence-electron chi connectivity index (χ1n) is 6.11. The smallest absolute Gasteiger partial charge is 0.357 e. The number of rotatable bonds is 5. The van der Waals surface area contributed by atoms with Crippen LogP contribution in [-0.4, -0.2) is 29.3 Å². The standard InChI is InChI=1S/C14H13BrN2O3S/c1-20-13(19)12-10(7-9-5-3-2-4-6-9)21-14(17-12)16-11(18)8-15/h2-6H,7-8H2,1H3,(H,16,17,18). The Hall–Kier alpha value is -1.73. The van der Waals surface area contributed by atoms with Gasteiger partial charge in [-0.05, 0) is 5.56 Å². The number of esters is 1. The second-order valence-corrected chi connectivity index (χ2v) is 5.77. The summed E-state index contributed by atoms with van der Waals surface area (Å²) >= 11 is 4.34. The Morgan fingerprint density at radius 2 is 2.05 bits per heavy atom. The fraction of sp³-hybridized carbons (Fsp3) is 0.214. The molecule has 0 fully saturated rings. The molecule has 2 rings (SSSR count). The van der Waals surface area contributed by atoms with Gasteiger partial charge < -0.3 is 10.1 Å². The van der Waals surface area contributed by atoms with Gasteiger partial charge in [0.05, 0.1) is 12.4 Å². The highest BCUT2D eigenvalue weighted by atomic mass is 79.9. The van der Waals surface area contributed by atoms with E-state index in [0.717, 1.165) is 10.4 Å². The van der Waals surface area contributed by atoms with E-state index < -0.39 is 5.97 Å². The zero-order valence-corrected chi connectivity index (χ0v) is 13.7. The first-order valence-corrected chi connectivity index (χ1v) is 8.05. The first kappa shape index (κ1) is 15.7. The molecule has 1 N–H and O–H groups in total. The van der Waals surface area contributed by atoms with Crippen LogP contribution in [0.1, 0.15) is 20.9 Å². The summed E-state index contributed by atoms with van der Waals surface area (Å²) < 4.78 is 4.74. The highest BCUT2D eigenvalue weighted by Gasteiger charge is 2.19. The molecule has 7 heteroatoms. The quantitative estimate of drug-likeness (QED) is 0.650. The Kier molecular flexibility index (Phi) is 5.46. The van der Waals surface area contributed by atoms with Crippen molar-refractivity contribution in [2.75, 3.05) is 17.8 Å². The number of halogens is 1. The minimum atomic E-state index is -0.503. The van der Waals surface area contributed by atoms with Gasteiger partial charge in [-0.1, -0.05) is 46.3 Å². The molecule has 0 unspecified atom stereocenters. The maximum atomic E-state index is 11.8. The van der Waals surface area contributed by atoms with Crippen molar-refractivity contribution >= 4 is 44.3 Å². The molecule has 0 atom stereocenters. The highest BCUT2D eigenvalue weighted by molar-refractivity contribution is 9.09. The van der Waals surface area contributed by atoms with Crippen molar-refractivity contribution in [3.63, 3.8) is 0 Å². The molecule has 0 spiro atoms. The van der Waals surface area contributed by atoms with Crippen molar-refractivity contribution in [1.82, 2.24) is 4.98 Å². The number of amides is 1. The number of hydrogen-bond donors (Lipinski definition) is 1. The third kappa shape index (κ3) is 4.12. The van der Waals surface area contributed by atoms with Crippen molar-refractivity contribution < 1.29 is 14.3 Å². The van der Waals surface area contributed by atoms with E-state index in [1.165, 1.54) is 18.4 Å². The molecule has 0 aliphatic carbocycles. The molecular formula is C14H13BrN2O3S. The van der Waals surface area contributed by atoms with E-state index in [-0.39, 0.29) is 16.9 Å². The van der Waals surface area contributed by atoms with Gasteiger partial charge in [-0.3, -0.25) is 4.79 Å². The molecule has 0 aliphatic rings. The van der Waals surface area contributed by atoms with Crippen LogP contribution < -0.4 is 5.32 Å². The van der Waals surface area contributed by atoms with E-state index in [1.807, 2.05) is 30.3 Å². The van der Waals surface area contributed by atoms with E-state index in [1.54, 1.807) is 0 Å². The number of methoxy groups -OCH3 is 1. The summed E-state index contributed by atoms with van der Waals surface area (Å²) in [6.07, 6.45) is 0.563. The van der Waals surface area contributed by atoms with Crippen LogP contribution in [0.15, 0.2) is 30.3 Å². The SMILES string of the molecule is COC(=O)c1nc(NC(=O)CBr)sc1Cc1ccccc1. The number of ether oxygens (including phenoxy) is 1. The lowest BCUT2D eigenvalue weighted by atomic mass is 10.1. The molecule has 110 valence electrons. The average molecular weight is 369 g/mol. The summed E-state index contributed by atoms with van der Waals surface area (Å²) in [6, 6.07) is 9.73. The molecule has 5 nitrogen and oxygen atoms in total. The normalized spacial score (nSPS) is 10.2. The zero-order chi connectivity index (χ0) is 15.2. The Bertz CT molecular complexity index is 643. The fourth-order valence-electron chi connectivity index (χ4n) is 1.72. The van der Waals surface area contributed by atoms with Crippen molar-refractivity contribution in [3.8, 4) is 0 Å². The average Bonchev–Trinajstić information content (AvgIpc) is 2.89. The topological polar surface area (TPSA) is 68.3 Å². The maximum absolute atomic E-state index is 11.8. The summed E-state index contributed by atoms with van der Waals surface area (Å²) in [5.74, 6) is -0.719. The van der Waals surface area contributed by atoms with Gasteiger partial charge in [-0.25, -0.2) is 9.78 Å². The van der Waals surface area contributed by atoms with Crippen molar-refractivity contribution in [1.29, 1.82) is 0 Å². The summed E-state index contributed by atoms with van der Waals surface area (Å²) in [6.45, 7) is 0.